The van der Waals surface area contributed by atoms with Crippen LogP contribution in [0.25, 0.3) is 32.5 Å². The number of nitrogens with zero attached hydrogens (tertiary/aromatic N) is 3. The van der Waals surface area contributed by atoms with Gasteiger partial charge in [-0.3, -0.25) is 9.36 Å². The molecule has 0 saturated heterocycles. The number of aryl methyl sites for hydroxylation is 1. The Kier molecular flexibility index (Phi) is 3.67. The Morgan fingerprint density at radius 2 is 2.08 bits per heavy atom. The zero-order valence-electron chi connectivity index (χ0n) is 14.3. The summed E-state index contributed by atoms with van der Waals surface area (Å²) in [6.45, 7) is 3.88. The predicted octanol–water partition coefficient (Wildman–Crippen LogP) is 3.54. The van der Waals surface area contributed by atoms with E-state index >= 15 is 0 Å². The summed E-state index contributed by atoms with van der Waals surface area (Å²) in [6.07, 6.45) is 0. The van der Waals surface area contributed by atoms with Crippen molar-refractivity contribution in [2.45, 2.75) is 19.9 Å². The van der Waals surface area contributed by atoms with E-state index in [2.05, 4.69) is 4.98 Å². The van der Waals surface area contributed by atoms with Gasteiger partial charge in [0.2, 0.25) is 0 Å². The molecule has 2 N–H and O–H groups in total. The minimum Gasteiger partial charge on any atom is -0.324 e. The number of thiazole rings is 1. The largest absolute Gasteiger partial charge is 0.324 e. The standard InChI is InChI=1S/C19H18N4OS/c1-10-7-13(11(2)20)16-14(8-10)19(24)23(3)18(22-16)12-5-4-6-15-17(12)25-9-21-15/h4-9,11H,20H2,1-3H3. The van der Waals surface area contributed by atoms with Gasteiger partial charge in [-0.2, -0.15) is 0 Å². The highest BCUT2D eigenvalue weighted by Gasteiger charge is 2.17. The van der Waals surface area contributed by atoms with Crippen LogP contribution in [0.2, 0.25) is 0 Å². The second-order valence-electron chi connectivity index (χ2n) is 6.34. The molecule has 0 aliphatic carbocycles. The summed E-state index contributed by atoms with van der Waals surface area (Å²) in [5.74, 6) is 0.637. The Morgan fingerprint density at radius 3 is 2.84 bits per heavy atom. The van der Waals surface area contributed by atoms with Crippen molar-refractivity contribution in [1.29, 1.82) is 0 Å². The van der Waals surface area contributed by atoms with Gasteiger partial charge in [-0.15, -0.1) is 11.3 Å². The lowest BCUT2D eigenvalue weighted by atomic mass is 10.0. The first kappa shape index (κ1) is 15.9. The zero-order valence-corrected chi connectivity index (χ0v) is 15.1. The fourth-order valence-corrected chi connectivity index (χ4v) is 4.00. The van der Waals surface area contributed by atoms with Crippen molar-refractivity contribution < 1.29 is 0 Å². The van der Waals surface area contributed by atoms with Crippen molar-refractivity contribution in [1.82, 2.24) is 14.5 Å². The van der Waals surface area contributed by atoms with Crippen molar-refractivity contribution in [2.75, 3.05) is 0 Å². The molecule has 4 rings (SSSR count). The van der Waals surface area contributed by atoms with Gasteiger partial charge in [0.1, 0.15) is 5.82 Å². The van der Waals surface area contributed by atoms with Crippen molar-refractivity contribution in [3.8, 4) is 11.4 Å². The van der Waals surface area contributed by atoms with Crippen LogP contribution in [0.3, 0.4) is 0 Å². The average molecular weight is 350 g/mol. The van der Waals surface area contributed by atoms with Gasteiger partial charge >= 0.3 is 0 Å². The summed E-state index contributed by atoms with van der Waals surface area (Å²) < 4.78 is 2.64. The van der Waals surface area contributed by atoms with Gasteiger partial charge in [-0.05, 0) is 43.2 Å². The van der Waals surface area contributed by atoms with Crippen molar-refractivity contribution >= 4 is 32.5 Å². The molecule has 5 nitrogen and oxygen atoms in total. The highest BCUT2D eigenvalue weighted by atomic mass is 32.1. The van der Waals surface area contributed by atoms with E-state index in [-0.39, 0.29) is 11.6 Å². The maximum atomic E-state index is 13.0. The molecule has 0 amide bonds. The molecule has 0 spiro atoms. The fraction of sp³-hybridized carbons (Fsp3) is 0.211. The van der Waals surface area contributed by atoms with Crippen LogP contribution < -0.4 is 11.3 Å². The number of nitrogens with two attached hydrogens (primary N) is 1. The summed E-state index contributed by atoms with van der Waals surface area (Å²) in [6, 6.07) is 9.58. The second kappa shape index (κ2) is 5.75. The molecular formula is C19H18N4OS. The van der Waals surface area contributed by atoms with Crippen molar-refractivity contribution in [3.05, 3.63) is 57.3 Å². The summed E-state index contributed by atoms with van der Waals surface area (Å²) >= 11 is 1.55. The van der Waals surface area contributed by atoms with Crippen LogP contribution in [0.1, 0.15) is 24.1 Å². The molecule has 2 aromatic heterocycles. The highest BCUT2D eigenvalue weighted by molar-refractivity contribution is 7.17. The summed E-state index contributed by atoms with van der Waals surface area (Å²) in [7, 11) is 1.76. The Morgan fingerprint density at radius 1 is 1.28 bits per heavy atom. The number of benzene rings is 2. The molecule has 2 heterocycles. The minimum atomic E-state index is -0.200. The lowest BCUT2D eigenvalue weighted by Crippen LogP contribution is -2.21. The van der Waals surface area contributed by atoms with Crippen LogP contribution in [0.5, 0.6) is 0 Å². The topological polar surface area (TPSA) is 73.8 Å². The lowest BCUT2D eigenvalue weighted by Gasteiger charge is -2.15. The molecule has 0 radical (unpaired) electrons. The molecule has 0 aliphatic rings. The number of aromatic nitrogens is 3. The quantitative estimate of drug-likeness (QED) is 0.600. The van der Waals surface area contributed by atoms with Gasteiger partial charge in [-0.25, -0.2) is 9.97 Å². The van der Waals surface area contributed by atoms with E-state index in [9.17, 15) is 4.79 Å². The van der Waals surface area contributed by atoms with Crippen LogP contribution >= 0.6 is 11.3 Å². The molecule has 0 saturated carbocycles. The van der Waals surface area contributed by atoms with Crippen LogP contribution in [0.4, 0.5) is 0 Å². The van der Waals surface area contributed by atoms with Gasteiger partial charge in [0.15, 0.2) is 0 Å². The van der Waals surface area contributed by atoms with Gasteiger partial charge in [-0.1, -0.05) is 12.1 Å². The first-order valence-electron chi connectivity index (χ1n) is 8.07. The maximum absolute atomic E-state index is 13.0. The van der Waals surface area contributed by atoms with Crippen molar-refractivity contribution in [2.24, 2.45) is 12.8 Å². The average Bonchev–Trinajstić information content (AvgIpc) is 3.06. The third-order valence-electron chi connectivity index (χ3n) is 4.44. The zero-order chi connectivity index (χ0) is 17.7. The van der Waals surface area contributed by atoms with E-state index in [4.69, 9.17) is 10.7 Å². The van der Waals surface area contributed by atoms with Gasteiger partial charge < -0.3 is 5.73 Å². The summed E-state index contributed by atoms with van der Waals surface area (Å²) in [4.78, 5) is 22.2. The molecule has 6 heteroatoms. The molecule has 1 unspecified atom stereocenters. The number of hydrogen-bond donors (Lipinski definition) is 1. The SMILES string of the molecule is Cc1cc(C(C)N)c2nc(-c3cccc4ncsc34)n(C)c(=O)c2c1. The molecule has 2 aromatic carbocycles. The highest BCUT2D eigenvalue weighted by Crippen LogP contribution is 2.31. The molecular weight excluding hydrogens is 332 g/mol. The van der Waals surface area contributed by atoms with E-state index in [1.165, 1.54) is 0 Å². The summed E-state index contributed by atoms with van der Waals surface area (Å²) in [5, 5.41) is 0.607. The predicted molar refractivity (Wildman–Crippen MR) is 103 cm³/mol. The molecule has 4 aromatic rings. The lowest BCUT2D eigenvalue weighted by molar-refractivity contribution is 0.814. The van der Waals surface area contributed by atoms with E-state index in [0.29, 0.717) is 16.7 Å². The third-order valence-corrected chi connectivity index (χ3v) is 5.32. The van der Waals surface area contributed by atoms with Gasteiger partial charge in [0.05, 0.1) is 26.6 Å². The molecule has 126 valence electrons. The molecule has 25 heavy (non-hydrogen) atoms. The van der Waals surface area contributed by atoms with E-state index < -0.39 is 0 Å². The molecule has 1 atom stereocenters. The van der Waals surface area contributed by atoms with Crippen molar-refractivity contribution in [3.63, 3.8) is 0 Å². The summed E-state index contributed by atoms with van der Waals surface area (Å²) in [5.41, 5.74) is 12.3. The first-order valence-corrected chi connectivity index (χ1v) is 8.95. The number of fused-ring (bicyclic) bond motifs is 2. The second-order valence-corrected chi connectivity index (χ2v) is 7.20. The Bertz CT molecular complexity index is 1170. The van der Waals surface area contributed by atoms with Crippen LogP contribution in [-0.2, 0) is 7.05 Å². The maximum Gasteiger partial charge on any atom is 0.261 e. The Labute approximate surface area is 148 Å². The Balaban J connectivity index is 2.14. The minimum absolute atomic E-state index is 0.0629. The smallest absolute Gasteiger partial charge is 0.261 e. The van der Waals surface area contributed by atoms with Gasteiger partial charge in [0.25, 0.3) is 5.56 Å². The Hall–Kier alpha value is -2.57. The van der Waals surface area contributed by atoms with Crippen LogP contribution in [-0.4, -0.2) is 14.5 Å². The number of hydrogen-bond acceptors (Lipinski definition) is 5. The normalized spacial score (nSPS) is 12.8. The molecule has 0 bridgehead atoms. The number of rotatable bonds is 2. The van der Waals surface area contributed by atoms with E-state index in [1.807, 2.05) is 49.7 Å². The van der Waals surface area contributed by atoms with Gasteiger partial charge in [0, 0.05) is 18.7 Å². The fourth-order valence-electron chi connectivity index (χ4n) is 3.20. The molecule has 0 aliphatic heterocycles. The first-order chi connectivity index (χ1) is 12.0. The van der Waals surface area contributed by atoms with E-state index in [0.717, 1.165) is 26.9 Å². The molecule has 0 fully saturated rings. The third kappa shape index (κ3) is 2.45. The van der Waals surface area contributed by atoms with Crippen LogP contribution in [0, 0.1) is 6.92 Å². The monoisotopic (exact) mass is 350 g/mol. The van der Waals surface area contributed by atoms with Crippen LogP contribution in [0.15, 0.2) is 40.6 Å². The van der Waals surface area contributed by atoms with E-state index in [1.54, 1.807) is 23.0 Å².